The third-order valence-corrected chi connectivity index (χ3v) is 8.36. The second-order valence-electron chi connectivity index (χ2n) is 7.95. The lowest BCUT2D eigenvalue weighted by Crippen LogP contribution is -2.15. The van der Waals surface area contributed by atoms with Crippen LogP contribution in [0.2, 0.25) is 0 Å². The van der Waals surface area contributed by atoms with Crippen LogP contribution >= 0.6 is 11.8 Å². The topological polar surface area (TPSA) is 123 Å². The molecule has 2 atom stereocenters. The minimum Gasteiger partial charge on any atom is -0.493 e. The molecule has 0 fully saturated rings. The Labute approximate surface area is 209 Å². The normalized spacial score (nSPS) is 17.8. The van der Waals surface area contributed by atoms with E-state index in [9.17, 15) is 18.5 Å². The number of non-ortho nitro benzene ring substituents is 1. The van der Waals surface area contributed by atoms with Gasteiger partial charge in [-0.2, -0.15) is 20.2 Å². The van der Waals surface area contributed by atoms with Crippen LogP contribution in [0.3, 0.4) is 0 Å². The Hall–Kier alpha value is -2.54. The van der Waals surface area contributed by atoms with Crippen molar-refractivity contribution in [3.63, 3.8) is 0 Å². The van der Waals surface area contributed by atoms with Crippen LogP contribution in [0.4, 0.5) is 5.69 Å². The van der Waals surface area contributed by atoms with Gasteiger partial charge in [-0.3, -0.25) is 14.3 Å². The highest BCUT2D eigenvalue weighted by molar-refractivity contribution is 7.99. The van der Waals surface area contributed by atoms with Crippen molar-refractivity contribution in [1.82, 2.24) is 0 Å². The number of rotatable bonds is 11. The summed E-state index contributed by atoms with van der Waals surface area (Å²) in [6, 6.07) is 6.49. The number of nitrogens with zero attached hydrogens (tertiary/aromatic N) is 1. The van der Waals surface area contributed by atoms with Gasteiger partial charge in [-0.25, -0.2) is 0 Å². The van der Waals surface area contributed by atoms with Crippen LogP contribution in [0.15, 0.2) is 35.2 Å². The first-order chi connectivity index (χ1) is 16.7. The van der Waals surface area contributed by atoms with E-state index in [1.165, 1.54) is 0 Å². The van der Waals surface area contributed by atoms with Crippen molar-refractivity contribution in [3.8, 4) is 17.2 Å². The zero-order chi connectivity index (χ0) is 25.6. The van der Waals surface area contributed by atoms with Crippen molar-refractivity contribution in [3.05, 3.63) is 51.6 Å². The van der Waals surface area contributed by atoms with Crippen LogP contribution in [0.5, 0.6) is 17.2 Å². The van der Waals surface area contributed by atoms with E-state index < -0.39 is 15.0 Å². The van der Waals surface area contributed by atoms with Crippen LogP contribution in [-0.2, 0) is 25.5 Å². The molecule has 12 heteroatoms. The fourth-order valence-corrected chi connectivity index (χ4v) is 6.07. The van der Waals surface area contributed by atoms with Crippen LogP contribution < -0.4 is 14.2 Å². The number of methoxy groups -OCH3 is 3. The van der Waals surface area contributed by atoms with Gasteiger partial charge in [-0.15, -0.1) is 0 Å². The van der Waals surface area contributed by atoms with Gasteiger partial charge in [0.05, 0.1) is 56.2 Å². The van der Waals surface area contributed by atoms with Crippen LogP contribution in [-0.4, -0.2) is 60.2 Å². The summed E-state index contributed by atoms with van der Waals surface area (Å²) in [5.41, 5.74) is 1.88. The van der Waals surface area contributed by atoms with Gasteiger partial charge in [0, 0.05) is 17.7 Å². The van der Waals surface area contributed by atoms with Gasteiger partial charge in [0.15, 0.2) is 11.5 Å². The number of fused-ring (bicyclic) bond motifs is 1. The molecule has 1 aliphatic heterocycles. The van der Waals surface area contributed by atoms with Gasteiger partial charge >= 0.3 is 0 Å². The zero-order valence-corrected chi connectivity index (χ0v) is 21.6. The number of benzene rings is 2. The lowest BCUT2D eigenvalue weighted by Gasteiger charge is -2.23. The molecule has 2 unspecified atom stereocenters. The standard InChI is InChI=1S/C23H29NO9S2/c1-15-11-16-12-19(29-2)22(30-3)23(31-4)21(16)20(34-14-15)13-32-9-10-33-35(27,28)18-7-5-17(6-8-18)24(25)26/h5-8,12,15,20H,9-11,13-14H2,1-4H3. The average Bonchev–Trinajstić information content (AvgIpc) is 3.00. The lowest BCUT2D eigenvalue weighted by molar-refractivity contribution is -0.384. The molecule has 35 heavy (non-hydrogen) atoms. The second-order valence-corrected chi connectivity index (χ2v) is 10.8. The molecule has 0 saturated heterocycles. The van der Waals surface area contributed by atoms with Crippen molar-refractivity contribution in [2.75, 3.05) is 46.9 Å². The molecule has 1 aliphatic rings. The number of hydrogen-bond donors (Lipinski definition) is 0. The minimum atomic E-state index is -4.06. The first kappa shape index (κ1) is 27.1. The number of nitro benzene ring substituents is 1. The molecule has 0 aliphatic carbocycles. The van der Waals surface area contributed by atoms with Crippen LogP contribution in [0.1, 0.15) is 23.3 Å². The molecule has 0 amide bonds. The second kappa shape index (κ2) is 11.9. The highest BCUT2D eigenvalue weighted by atomic mass is 32.2. The first-order valence-corrected chi connectivity index (χ1v) is 13.3. The van der Waals surface area contributed by atoms with Crippen molar-refractivity contribution in [1.29, 1.82) is 0 Å². The van der Waals surface area contributed by atoms with Gasteiger partial charge in [-0.05, 0) is 41.9 Å². The Kier molecular flexibility index (Phi) is 9.22. The molecule has 1 heterocycles. The summed E-state index contributed by atoms with van der Waals surface area (Å²) in [4.78, 5) is 9.99. The quantitative estimate of drug-likeness (QED) is 0.183. The maximum absolute atomic E-state index is 12.3. The lowest BCUT2D eigenvalue weighted by atomic mass is 9.94. The molecule has 2 aromatic rings. The summed E-state index contributed by atoms with van der Waals surface area (Å²) >= 11 is 1.75. The van der Waals surface area contributed by atoms with Gasteiger partial charge in [0.2, 0.25) is 5.75 Å². The van der Waals surface area contributed by atoms with Crippen LogP contribution in [0, 0.1) is 16.0 Å². The molecule has 10 nitrogen and oxygen atoms in total. The number of thioether (sulfide) groups is 1. The summed E-state index contributed by atoms with van der Waals surface area (Å²) in [7, 11) is 0.683. The number of nitro groups is 1. The smallest absolute Gasteiger partial charge is 0.297 e. The van der Waals surface area contributed by atoms with E-state index in [0.717, 1.165) is 47.6 Å². The number of ether oxygens (including phenoxy) is 4. The van der Waals surface area contributed by atoms with Crippen molar-refractivity contribution in [2.45, 2.75) is 23.5 Å². The largest absolute Gasteiger partial charge is 0.493 e. The zero-order valence-electron chi connectivity index (χ0n) is 20.0. The monoisotopic (exact) mass is 527 g/mol. The Balaban J connectivity index is 1.67. The molecule has 0 N–H and O–H groups in total. The molecule has 0 saturated carbocycles. The van der Waals surface area contributed by atoms with E-state index in [1.54, 1.807) is 33.1 Å². The van der Waals surface area contributed by atoms with E-state index in [1.807, 2.05) is 6.07 Å². The van der Waals surface area contributed by atoms with E-state index in [-0.39, 0.29) is 29.0 Å². The number of hydrogen-bond acceptors (Lipinski definition) is 10. The summed E-state index contributed by atoms with van der Waals surface area (Å²) in [5, 5.41) is 10.7. The predicted octanol–water partition coefficient (Wildman–Crippen LogP) is 4.01. The molecule has 0 bridgehead atoms. The third kappa shape index (κ3) is 6.37. The summed E-state index contributed by atoms with van der Waals surface area (Å²) in [6.07, 6.45) is 0.853. The minimum absolute atomic E-state index is 0.0454. The maximum Gasteiger partial charge on any atom is 0.297 e. The third-order valence-electron chi connectivity index (χ3n) is 5.50. The summed E-state index contributed by atoms with van der Waals surface area (Å²) < 4.78 is 52.3. The van der Waals surface area contributed by atoms with E-state index in [0.29, 0.717) is 29.8 Å². The van der Waals surface area contributed by atoms with E-state index in [4.69, 9.17) is 23.1 Å². The van der Waals surface area contributed by atoms with E-state index in [2.05, 4.69) is 6.92 Å². The highest BCUT2D eigenvalue weighted by Crippen LogP contribution is 2.50. The van der Waals surface area contributed by atoms with Gasteiger partial charge in [-0.1, -0.05) is 6.92 Å². The SMILES string of the molecule is COc1cc2c(c(OC)c1OC)C(COCCOS(=O)(=O)c1ccc([N+](=O)[O-])cc1)SCC(C)C2. The molecule has 0 aromatic heterocycles. The van der Waals surface area contributed by atoms with Gasteiger partial charge in [0.25, 0.3) is 15.8 Å². The molecule has 192 valence electrons. The van der Waals surface area contributed by atoms with Crippen molar-refractivity contribution in [2.24, 2.45) is 5.92 Å². The highest BCUT2D eigenvalue weighted by Gasteiger charge is 2.30. The molecular weight excluding hydrogens is 498 g/mol. The Morgan fingerprint density at radius 3 is 2.34 bits per heavy atom. The molecular formula is C23H29NO9S2. The predicted molar refractivity (Wildman–Crippen MR) is 131 cm³/mol. The van der Waals surface area contributed by atoms with Gasteiger partial charge in [0.1, 0.15) is 0 Å². The summed E-state index contributed by atoms with van der Waals surface area (Å²) in [5.74, 6) is 3.08. The van der Waals surface area contributed by atoms with Crippen molar-refractivity contribution >= 4 is 27.6 Å². The first-order valence-electron chi connectivity index (χ1n) is 10.9. The van der Waals surface area contributed by atoms with Crippen molar-refractivity contribution < 1.29 is 36.5 Å². The average molecular weight is 528 g/mol. The Morgan fingerprint density at radius 1 is 1.06 bits per heavy atom. The fourth-order valence-electron chi connectivity index (χ4n) is 3.88. The molecule has 0 spiro atoms. The summed E-state index contributed by atoms with van der Waals surface area (Å²) in [6.45, 7) is 2.35. The molecule has 3 rings (SSSR count). The fraction of sp³-hybridized carbons (Fsp3) is 0.478. The Bertz CT molecular complexity index is 1140. The molecule has 2 aromatic carbocycles. The van der Waals surface area contributed by atoms with Gasteiger partial charge < -0.3 is 18.9 Å². The van der Waals surface area contributed by atoms with Crippen LogP contribution in [0.25, 0.3) is 0 Å². The maximum atomic E-state index is 12.3. The van der Waals surface area contributed by atoms with E-state index >= 15 is 0 Å². The Morgan fingerprint density at radius 2 is 1.74 bits per heavy atom. The molecule has 0 radical (unpaired) electrons.